The molecule has 0 aliphatic rings. The number of anilines is 2. The van der Waals surface area contributed by atoms with Crippen molar-refractivity contribution in [3.8, 4) is 0 Å². The molecule has 1 rings (SSSR count). The fourth-order valence-corrected chi connectivity index (χ4v) is 2.49. The van der Waals surface area contributed by atoms with Crippen LogP contribution in [0.4, 0.5) is 11.5 Å². The molecule has 0 aliphatic carbocycles. The van der Waals surface area contributed by atoms with Crippen molar-refractivity contribution in [2.75, 3.05) is 23.3 Å². The number of rotatable bonds is 9. The molecule has 0 bridgehead atoms. The average Bonchev–Trinajstić information content (AvgIpc) is 2.41. The van der Waals surface area contributed by atoms with E-state index in [1.165, 1.54) is 19.3 Å². The number of hydrogen-bond donors (Lipinski definition) is 2. The van der Waals surface area contributed by atoms with Crippen LogP contribution in [-0.2, 0) is 0 Å². The van der Waals surface area contributed by atoms with Gasteiger partial charge < -0.3 is 11.1 Å². The minimum absolute atomic E-state index is 0.338. The van der Waals surface area contributed by atoms with Gasteiger partial charge in [-0.1, -0.05) is 56.5 Å². The van der Waals surface area contributed by atoms with Crippen molar-refractivity contribution in [1.29, 1.82) is 0 Å². The summed E-state index contributed by atoms with van der Waals surface area (Å²) in [5, 5.41) is 4.29. The first-order valence-corrected chi connectivity index (χ1v) is 8.25. The molecule has 1 aromatic heterocycles. The predicted octanol–water partition coefficient (Wildman–Crippen LogP) is 4.21. The largest absolute Gasteiger partial charge is 0.393 e. The Morgan fingerprint density at radius 1 is 1.16 bits per heavy atom. The normalized spacial score (nSPS) is 10.7. The van der Waals surface area contributed by atoms with Gasteiger partial charge in [-0.25, -0.2) is 9.97 Å². The molecule has 19 heavy (non-hydrogen) atoms. The number of hydrogen-bond acceptors (Lipinski definition) is 5. The second-order valence-electron chi connectivity index (χ2n) is 4.40. The summed E-state index contributed by atoms with van der Waals surface area (Å²) in [6, 6.07) is 0. The molecule has 0 radical (unpaired) electrons. The number of thioether (sulfide) groups is 1. The van der Waals surface area contributed by atoms with Crippen molar-refractivity contribution in [2.24, 2.45) is 0 Å². The first-order valence-electron chi connectivity index (χ1n) is 6.88. The number of nitrogens with zero attached hydrogens (tertiary/aromatic N) is 2. The zero-order valence-electron chi connectivity index (χ0n) is 11.7. The van der Waals surface area contributed by atoms with E-state index in [9.17, 15) is 0 Å². The van der Waals surface area contributed by atoms with E-state index in [2.05, 4.69) is 29.1 Å². The summed E-state index contributed by atoms with van der Waals surface area (Å²) in [4.78, 5) is 8.60. The standard InChI is InChI=1S/C13H23ClN4S/c1-3-5-6-7-8-16-12-10(15)11(14)17-13(18-12)19-9-4-2/h3-9,15H2,1-2H3,(H,16,17,18). The zero-order chi connectivity index (χ0) is 14.1. The maximum Gasteiger partial charge on any atom is 0.191 e. The van der Waals surface area contributed by atoms with Gasteiger partial charge >= 0.3 is 0 Å². The molecule has 1 aromatic rings. The summed E-state index contributed by atoms with van der Waals surface area (Å²) >= 11 is 7.63. The Hall–Kier alpha value is -0.680. The lowest BCUT2D eigenvalue weighted by atomic mass is 10.2. The Morgan fingerprint density at radius 3 is 2.63 bits per heavy atom. The van der Waals surface area contributed by atoms with Gasteiger partial charge in [-0.15, -0.1) is 0 Å². The summed E-state index contributed by atoms with van der Waals surface area (Å²) in [6.07, 6.45) is 5.92. The lowest BCUT2D eigenvalue weighted by Gasteiger charge is -2.10. The highest BCUT2D eigenvalue weighted by Crippen LogP contribution is 2.27. The van der Waals surface area contributed by atoms with E-state index in [4.69, 9.17) is 17.3 Å². The lowest BCUT2D eigenvalue weighted by Crippen LogP contribution is -2.08. The number of nitrogens with two attached hydrogens (primary N) is 1. The monoisotopic (exact) mass is 302 g/mol. The Balaban J connectivity index is 2.57. The fraction of sp³-hybridized carbons (Fsp3) is 0.692. The molecule has 0 amide bonds. The maximum absolute atomic E-state index is 6.03. The van der Waals surface area contributed by atoms with Crippen LogP contribution in [-0.4, -0.2) is 22.3 Å². The Bertz CT molecular complexity index is 387. The molecule has 0 spiro atoms. The molecule has 4 nitrogen and oxygen atoms in total. The summed E-state index contributed by atoms with van der Waals surface area (Å²) < 4.78 is 0. The summed E-state index contributed by atoms with van der Waals surface area (Å²) in [7, 11) is 0. The summed E-state index contributed by atoms with van der Waals surface area (Å²) in [6.45, 7) is 5.20. The van der Waals surface area contributed by atoms with Crippen LogP contribution in [0.2, 0.25) is 5.15 Å². The van der Waals surface area contributed by atoms with Crippen molar-refractivity contribution in [3.05, 3.63) is 5.15 Å². The fourth-order valence-electron chi connectivity index (χ4n) is 1.57. The van der Waals surface area contributed by atoms with Gasteiger partial charge in [-0.3, -0.25) is 0 Å². The molecule has 0 saturated carbocycles. The quantitative estimate of drug-likeness (QED) is 0.310. The van der Waals surface area contributed by atoms with E-state index in [0.717, 1.165) is 25.1 Å². The molecule has 108 valence electrons. The lowest BCUT2D eigenvalue weighted by molar-refractivity contribution is 0.684. The summed E-state index contributed by atoms with van der Waals surface area (Å²) in [5.74, 6) is 1.64. The number of nitrogen functional groups attached to an aromatic ring is 1. The Labute approximate surface area is 124 Å². The SMILES string of the molecule is CCCCCCNc1nc(SCCC)nc(Cl)c1N. The van der Waals surface area contributed by atoms with Gasteiger partial charge in [-0.05, 0) is 12.8 Å². The van der Waals surface area contributed by atoms with Gasteiger partial charge in [-0.2, -0.15) is 0 Å². The van der Waals surface area contributed by atoms with Crippen LogP contribution in [0.25, 0.3) is 0 Å². The van der Waals surface area contributed by atoms with Crippen molar-refractivity contribution < 1.29 is 0 Å². The third-order valence-electron chi connectivity index (χ3n) is 2.64. The highest BCUT2D eigenvalue weighted by Gasteiger charge is 2.10. The molecule has 3 N–H and O–H groups in total. The molecule has 0 aromatic carbocycles. The third kappa shape index (κ3) is 5.87. The molecule has 0 fully saturated rings. The number of nitrogens with one attached hydrogen (secondary N) is 1. The van der Waals surface area contributed by atoms with Crippen LogP contribution in [0, 0.1) is 0 Å². The van der Waals surface area contributed by atoms with E-state index < -0.39 is 0 Å². The van der Waals surface area contributed by atoms with Gasteiger partial charge in [0.2, 0.25) is 0 Å². The van der Waals surface area contributed by atoms with Gasteiger partial charge in [0.15, 0.2) is 16.1 Å². The van der Waals surface area contributed by atoms with Gasteiger partial charge in [0.25, 0.3) is 0 Å². The van der Waals surface area contributed by atoms with E-state index in [1.54, 1.807) is 11.8 Å². The van der Waals surface area contributed by atoms with E-state index >= 15 is 0 Å². The van der Waals surface area contributed by atoms with Crippen LogP contribution in [0.5, 0.6) is 0 Å². The molecule has 1 heterocycles. The second-order valence-corrected chi connectivity index (χ2v) is 5.82. The molecule has 6 heteroatoms. The van der Waals surface area contributed by atoms with Crippen LogP contribution in [0.3, 0.4) is 0 Å². The van der Waals surface area contributed by atoms with Crippen molar-refractivity contribution in [1.82, 2.24) is 9.97 Å². The average molecular weight is 303 g/mol. The maximum atomic E-state index is 6.03. The van der Waals surface area contributed by atoms with Crippen LogP contribution in [0.1, 0.15) is 46.0 Å². The van der Waals surface area contributed by atoms with Crippen molar-refractivity contribution in [3.63, 3.8) is 0 Å². The highest BCUT2D eigenvalue weighted by atomic mass is 35.5. The van der Waals surface area contributed by atoms with Crippen LogP contribution < -0.4 is 11.1 Å². The number of unbranched alkanes of at least 4 members (excludes halogenated alkanes) is 3. The topological polar surface area (TPSA) is 63.8 Å². The highest BCUT2D eigenvalue weighted by molar-refractivity contribution is 7.99. The van der Waals surface area contributed by atoms with Gasteiger partial charge in [0, 0.05) is 12.3 Å². The van der Waals surface area contributed by atoms with E-state index in [-0.39, 0.29) is 0 Å². The molecule has 0 unspecified atom stereocenters. The van der Waals surface area contributed by atoms with Gasteiger partial charge in [0.05, 0.1) is 0 Å². The van der Waals surface area contributed by atoms with E-state index in [1.807, 2.05) is 0 Å². The molecule has 0 saturated heterocycles. The molecular formula is C13H23ClN4S. The Morgan fingerprint density at radius 2 is 1.95 bits per heavy atom. The number of aromatic nitrogens is 2. The third-order valence-corrected chi connectivity index (χ3v) is 3.98. The molecule has 0 aliphatic heterocycles. The number of halogens is 1. The first-order chi connectivity index (χ1) is 9.19. The van der Waals surface area contributed by atoms with Crippen LogP contribution in [0.15, 0.2) is 5.16 Å². The minimum atomic E-state index is 0.338. The smallest absolute Gasteiger partial charge is 0.191 e. The first kappa shape index (κ1) is 16.4. The molecule has 0 atom stereocenters. The minimum Gasteiger partial charge on any atom is -0.393 e. The van der Waals surface area contributed by atoms with Crippen molar-refractivity contribution in [2.45, 2.75) is 51.1 Å². The summed E-state index contributed by atoms with van der Waals surface area (Å²) in [5.41, 5.74) is 6.33. The zero-order valence-corrected chi connectivity index (χ0v) is 13.3. The second kappa shape index (κ2) is 9.26. The van der Waals surface area contributed by atoms with Crippen molar-refractivity contribution >= 4 is 34.9 Å². The van der Waals surface area contributed by atoms with Gasteiger partial charge in [0.1, 0.15) is 5.69 Å². The predicted molar refractivity (Wildman–Crippen MR) is 85.1 cm³/mol. The Kier molecular flexibility index (Phi) is 7.98. The van der Waals surface area contributed by atoms with E-state index in [0.29, 0.717) is 21.8 Å². The van der Waals surface area contributed by atoms with Crippen LogP contribution >= 0.6 is 23.4 Å². The molecular weight excluding hydrogens is 280 g/mol.